The maximum Gasteiger partial charge on any atom is 0.160 e. The molecular weight excluding hydrogens is 356 g/mol. The number of hydrogen-bond acceptors (Lipinski definition) is 4. The highest BCUT2D eigenvalue weighted by Crippen LogP contribution is 2.30. The molecule has 0 amide bonds. The summed E-state index contributed by atoms with van der Waals surface area (Å²) in [6, 6.07) is 1.87. The minimum Gasteiger partial charge on any atom is -0.319 e. The van der Waals surface area contributed by atoms with E-state index < -0.39 is 0 Å². The van der Waals surface area contributed by atoms with Gasteiger partial charge in [-0.1, -0.05) is 0 Å². The predicted octanol–water partition coefficient (Wildman–Crippen LogP) is 3.23. The molecule has 0 aliphatic heterocycles. The van der Waals surface area contributed by atoms with E-state index in [4.69, 9.17) is 11.6 Å². The Hall–Kier alpha value is -1.47. The van der Waals surface area contributed by atoms with E-state index in [1.807, 2.05) is 36.1 Å². The van der Waals surface area contributed by atoms with Gasteiger partial charge in [0.25, 0.3) is 0 Å². The van der Waals surface area contributed by atoms with E-state index in [0.29, 0.717) is 0 Å². The van der Waals surface area contributed by atoms with Crippen molar-refractivity contribution in [2.75, 3.05) is 0 Å². The maximum atomic E-state index is 6.30. The minimum absolute atomic E-state index is 0.0626. The molecule has 3 aromatic rings. The molecule has 0 radical (unpaired) electrons. The van der Waals surface area contributed by atoms with Crippen molar-refractivity contribution in [1.29, 1.82) is 0 Å². The molecule has 3 rings (SSSR count). The quantitative estimate of drug-likeness (QED) is 0.665. The van der Waals surface area contributed by atoms with E-state index >= 15 is 0 Å². The molecule has 0 saturated carbocycles. The van der Waals surface area contributed by atoms with Crippen LogP contribution in [0.5, 0.6) is 0 Å². The van der Waals surface area contributed by atoms with E-state index in [0.717, 1.165) is 27.3 Å². The second-order valence-corrected chi connectivity index (χ2v) is 6.50. The Labute approximate surface area is 135 Å². The summed E-state index contributed by atoms with van der Waals surface area (Å²) in [4.78, 5) is 9.10. The third kappa shape index (κ3) is 2.44. The van der Waals surface area contributed by atoms with Crippen LogP contribution in [0, 0.1) is 0 Å². The summed E-state index contributed by atoms with van der Waals surface area (Å²) in [6.45, 7) is 3.94. The minimum atomic E-state index is -0.228. The number of halogens is 2. The van der Waals surface area contributed by atoms with E-state index in [1.54, 1.807) is 12.5 Å². The van der Waals surface area contributed by atoms with Crippen molar-refractivity contribution in [1.82, 2.24) is 29.3 Å². The molecule has 110 valence electrons. The van der Waals surface area contributed by atoms with E-state index in [1.165, 1.54) is 0 Å². The zero-order chi connectivity index (χ0) is 15.1. The Morgan fingerprint density at radius 3 is 2.67 bits per heavy atom. The van der Waals surface area contributed by atoms with Crippen LogP contribution in [-0.2, 0) is 7.05 Å². The fourth-order valence-electron chi connectivity index (χ4n) is 2.42. The molecule has 0 fully saturated rings. The Kier molecular flexibility index (Phi) is 3.71. The fourth-order valence-corrected chi connectivity index (χ4v) is 2.90. The van der Waals surface area contributed by atoms with Gasteiger partial charge in [0.05, 0.1) is 11.4 Å². The molecule has 2 unspecified atom stereocenters. The first-order chi connectivity index (χ1) is 9.99. The van der Waals surface area contributed by atoms with E-state index in [9.17, 15) is 0 Å². The first kappa shape index (κ1) is 14.5. The van der Waals surface area contributed by atoms with Gasteiger partial charge in [0.1, 0.15) is 17.7 Å². The summed E-state index contributed by atoms with van der Waals surface area (Å²) in [5.41, 5.74) is 1.59. The SMILES string of the molecule is CC(Cl)c1nc2cc(Br)cnc2n1C(C)c1nncn1C. The van der Waals surface area contributed by atoms with Gasteiger partial charge in [-0.2, -0.15) is 0 Å². The first-order valence-corrected chi connectivity index (χ1v) is 7.73. The predicted molar refractivity (Wildman–Crippen MR) is 84.3 cm³/mol. The number of rotatable bonds is 3. The van der Waals surface area contributed by atoms with Crippen molar-refractivity contribution in [3.63, 3.8) is 0 Å². The highest BCUT2D eigenvalue weighted by Gasteiger charge is 2.23. The molecule has 0 saturated heterocycles. The molecule has 0 bridgehead atoms. The molecule has 0 N–H and O–H groups in total. The number of pyridine rings is 1. The summed E-state index contributed by atoms with van der Waals surface area (Å²) >= 11 is 9.72. The van der Waals surface area contributed by atoms with Crippen molar-refractivity contribution < 1.29 is 0 Å². The standard InChI is InChI=1S/C13H14BrClN6/c1-7(15)11-18-10-4-9(14)5-16-13(10)21(11)8(2)12-19-17-6-20(12)3/h4-8H,1-3H3. The lowest BCUT2D eigenvalue weighted by Gasteiger charge is -2.17. The number of aromatic nitrogens is 6. The van der Waals surface area contributed by atoms with Gasteiger partial charge in [-0.15, -0.1) is 21.8 Å². The van der Waals surface area contributed by atoms with Crippen molar-refractivity contribution in [2.45, 2.75) is 25.3 Å². The average Bonchev–Trinajstić information content (AvgIpc) is 3.01. The van der Waals surface area contributed by atoms with Gasteiger partial charge in [0.2, 0.25) is 0 Å². The van der Waals surface area contributed by atoms with Crippen LogP contribution >= 0.6 is 27.5 Å². The summed E-state index contributed by atoms with van der Waals surface area (Å²) in [7, 11) is 1.92. The van der Waals surface area contributed by atoms with Crippen LogP contribution in [0.4, 0.5) is 0 Å². The van der Waals surface area contributed by atoms with Crippen LogP contribution in [-0.4, -0.2) is 29.3 Å². The lowest BCUT2D eigenvalue weighted by molar-refractivity contribution is 0.559. The summed E-state index contributed by atoms with van der Waals surface area (Å²) in [6.07, 6.45) is 3.44. The summed E-state index contributed by atoms with van der Waals surface area (Å²) in [5.74, 6) is 1.60. The summed E-state index contributed by atoms with van der Waals surface area (Å²) < 4.78 is 4.79. The zero-order valence-electron chi connectivity index (χ0n) is 11.8. The van der Waals surface area contributed by atoms with Crippen LogP contribution < -0.4 is 0 Å². The number of fused-ring (bicyclic) bond motifs is 1. The third-order valence-corrected chi connectivity index (χ3v) is 4.02. The first-order valence-electron chi connectivity index (χ1n) is 6.50. The van der Waals surface area contributed by atoms with Gasteiger partial charge >= 0.3 is 0 Å². The average molecular weight is 370 g/mol. The van der Waals surface area contributed by atoms with Gasteiger partial charge in [-0.25, -0.2) is 9.97 Å². The van der Waals surface area contributed by atoms with Crippen molar-refractivity contribution >= 4 is 38.7 Å². The second-order valence-electron chi connectivity index (χ2n) is 4.93. The monoisotopic (exact) mass is 368 g/mol. The Morgan fingerprint density at radius 2 is 2.05 bits per heavy atom. The van der Waals surface area contributed by atoms with Gasteiger partial charge in [-0.05, 0) is 35.8 Å². The molecule has 0 aromatic carbocycles. The second kappa shape index (κ2) is 5.38. The topological polar surface area (TPSA) is 61.4 Å². The maximum absolute atomic E-state index is 6.30. The van der Waals surface area contributed by atoms with Crippen molar-refractivity contribution in [3.05, 3.63) is 34.7 Å². The van der Waals surface area contributed by atoms with Gasteiger partial charge in [-0.3, -0.25) is 0 Å². The Bertz CT molecular complexity index is 793. The molecule has 6 nitrogen and oxygen atoms in total. The fraction of sp³-hybridized carbons (Fsp3) is 0.385. The van der Waals surface area contributed by atoms with Crippen LogP contribution in [0.3, 0.4) is 0 Å². The number of alkyl halides is 1. The lowest BCUT2D eigenvalue weighted by atomic mass is 10.3. The van der Waals surface area contributed by atoms with Crippen LogP contribution in [0.2, 0.25) is 0 Å². The van der Waals surface area contributed by atoms with Gasteiger partial charge in [0, 0.05) is 17.7 Å². The largest absolute Gasteiger partial charge is 0.319 e. The molecule has 0 aliphatic carbocycles. The molecular formula is C13H14BrClN6. The molecule has 3 heterocycles. The van der Waals surface area contributed by atoms with E-state index in [2.05, 4.69) is 36.1 Å². The highest BCUT2D eigenvalue weighted by atomic mass is 79.9. The zero-order valence-corrected chi connectivity index (χ0v) is 14.2. The van der Waals surface area contributed by atoms with Crippen molar-refractivity contribution in [2.24, 2.45) is 7.05 Å². The Morgan fingerprint density at radius 1 is 1.29 bits per heavy atom. The number of imidazole rings is 1. The molecule has 0 aliphatic rings. The lowest BCUT2D eigenvalue weighted by Crippen LogP contribution is -2.15. The molecule has 21 heavy (non-hydrogen) atoms. The molecule has 0 spiro atoms. The number of hydrogen-bond donors (Lipinski definition) is 0. The van der Waals surface area contributed by atoms with Crippen LogP contribution in [0.15, 0.2) is 23.1 Å². The van der Waals surface area contributed by atoms with Crippen molar-refractivity contribution in [3.8, 4) is 0 Å². The number of aryl methyl sites for hydroxylation is 1. The van der Waals surface area contributed by atoms with Crippen LogP contribution in [0.1, 0.15) is 36.9 Å². The molecule has 3 aromatic heterocycles. The Balaban J connectivity index is 2.24. The molecule has 2 atom stereocenters. The van der Waals surface area contributed by atoms with E-state index in [-0.39, 0.29) is 11.4 Å². The smallest absolute Gasteiger partial charge is 0.160 e. The van der Waals surface area contributed by atoms with Gasteiger partial charge in [0.15, 0.2) is 11.5 Å². The third-order valence-electron chi connectivity index (χ3n) is 3.39. The van der Waals surface area contributed by atoms with Gasteiger partial charge < -0.3 is 9.13 Å². The number of nitrogens with zero attached hydrogens (tertiary/aromatic N) is 6. The van der Waals surface area contributed by atoms with Crippen LogP contribution in [0.25, 0.3) is 11.2 Å². The molecule has 8 heteroatoms. The normalized spacial score (nSPS) is 14.5. The highest BCUT2D eigenvalue weighted by molar-refractivity contribution is 9.10. The summed E-state index contributed by atoms with van der Waals surface area (Å²) in [5, 5.41) is 7.89.